The van der Waals surface area contributed by atoms with Gasteiger partial charge in [0.25, 0.3) is 11.8 Å². The van der Waals surface area contributed by atoms with Crippen LogP contribution in [0.1, 0.15) is 53.0 Å². The van der Waals surface area contributed by atoms with Crippen molar-refractivity contribution in [1.29, 1.82) is 0 Å². The lowest BCUT2D eigenvalue weighted by Gasteiger charge is -2.19. The van der Waals surface area contributed by atoms with Gasteiger partial charge in [0, 0.05) is 43.1 Å². The average molecular weight is 486 g/mol. The lowest BCUT2D eigenvalue weighted by Crippen LogP contribution is -2.31. The van der Waals surface area contributed by atoms with Crippen LogP contribution in [0.5, 0.6) is 0 Å². The number of benzene rings is 2. The zero-order valence-electron chi connectivity index (χ0n) is 17.5. The Kier molecular flexibility index (Phi) is 7.22. The number of hydrogen-bond donors (Lipinski definition) is 1. The number of rotatable bonds is 8. The van der Waals surface area contributed by atoms with Gasteiger partial charge in [0.2, 0.25) is 11.8 Å². The van der Waals surface area contributed by atoms with Crippen LogP contribution in [0.15, 0.2) is 46.9 Å². The molecule has 0 saturated heterocycles. The summed E-state index contributed by atoms with van der Waals surface area (Å²) in [7, 11) is 0. The van der Waals surface area contributed by atoms with Crippen molar-refractivity contribution in [2.75, 3.05) is 18.4 Å². The zero-order chi connectivity index (χ0) is 22.5. The fourth-order valence-corrected chi connectivity index (χ4v) is 3.86. The summed E-state index contributed by atoms with van der Waals surface area (Å²) in [5.41, 5.74) is 2.34. The number of hydrogen-bond acceptors (Lipinski definition) is 4. The van der Waals surface area contributed by atoms with E-state index in [1.54, 1.807) is 29.2 Å². The molecular weight excluding hydrogens is 462 g/mol. The summed E-state index contributed by atoms with van der Waals surface area (Å²) in [4.78, 5) is 51.8. The molecular formula is C23H24BrN3O4. The molecule has 1 aliphatic rings. The standard InChI is InChI=1S/C23H24BrN3O4/c1-3-26(15(2)28)14-16-6-4-7-18(12-16)25-21(29)8-5-11-27-22(30)19-10-9-17(24)13-20(19)23(27)31/h4,6-7,9-10,12-13H,3,5,8,11,14H2,1-2H3,(H,25,29). The number of halogens is 1. The Morgan fingerprint density at radius 2 is 1.81 bits per heavy atom. The largest absolute Gasteiger partial charge is 0.339 e. The minimum absolute atomic E-state index is 0.00236. The van der Waals surface area contributed by atoms with Crippen molar-refractivity contribution in [1.82, 2.24) is 9.80 Å². The van der Waals surface area contributed by atoms with Crippen LogP contribution in [0.25, 0.3) is 0 Å². The second-order valence-electron chi connectivity index (χ2n) is 7.34. The van der Waals surface area contributed by atoms with Gasteiger partial charge in [0.15, 0.2) is 0 Å². The highest BCUT2D eigenvalue weighted by Gasteiger charge is 2.35. The van der Waals surface area contributed by atoms with Crippen LogP contribution in [0, 0.1) is 0 Å². The predicted molar refractivity (Wildman–Crippen MR) is 121 cm³/mol. The fourth-order valence-electron chi connectivity index (χ4n) is 3.50. The first kappa shape index (κ1) is 22.7. The van der Waals surface area contributed by atoms with E-state index < -0.39 is 0 Å². The summed E-state index contributed by atoms with van der Waals surface area (Å²) >= 11 is 3.31. The van der Waals surface area contributed by atoms with Gasteiger partial charge in [0.1, 0.15) is 0 Å². The third-order valence-electron chi connectivity index (χ3n) is 5.13. The van der Waals surface area contributed by atoms with E-state index in [-0.39, 0.29) is 36.6 Å². The average Bonchev–Trinajstić information content (AvgIpc) is 2.96. The van der Waals surface area contributed by atoms with Crippen LogP contribution in [-0.4, -0.2) is 46.5 Å². The van der Waals surface area contributed by atoms with Crippen LogP contribution in [0.3, 0.4) is 0 Å². The first-order chi connectivity index (χ1) is 14.8. The minimum Gasteiger partial charge on any atom is -0.339 e. The first-order valence-corrected chi connectivity index (χ1v) is 10.9. The molecule has 0 saturated carbocycles. The van der Waals surface area contributed by atoms with Gasteiger partial charge in [-0.2, -0.15) is 0 Å². The topological polar surface area (TPSA) is 86.8 Å². The predicted octanol–water partition coefficient (Wildman–Crippen LogP) is 3.83. The molecule has 1 N–H and O–H groups in total. The molecule has 8 heteroatoms. The summed E-state index contributed by atoms with van der Waals surface area (Å²) in [5, 5.41) is 2.84. The molecule has 3 rings (SSSR count). The van der Waals surface area contributed by atoms with E-state index in [9.17, 15) is 19.2 Å². The summed E-state index contributed by atoms with van der Waals surface area (Å²) < 4.78 is 0.737. The lowest BCUT2D eigenvalue weighted by molar-refractivity contribution is -0.129. The van der Waals surface area contributed by atoms with Gasteiger partial charge in [-0.05, 0) is 49.2 Å². The van der Waals surface area contributed by atoms with Crippen molar-refractivity contribution in [2.24, 2.45) is 0 Å². The van der Waals surface area contributed by atoms with E-state index in [1.165, 1.54) is 11.8 Å². The SMILES string of the molecule is CCN(Cc1cccc(NC(=O)CCCN2C(=O)c3ccc(Br)cc3C2=O)c1)C(C)=O. The first-order valence-electron chi connectivity index (χ1n) is 10.1. The third kappa shape index (κ3) is 5.38. The maximum atomic E-state index is 12.5. The number of nitrogens with one attached hydrogen (secondary N) is 1. The summed E-state index contributed by atoms with van der Waals surface area (Å²) in [6, 6.07) is 12.4. The Balaban J connectivity index is 1.52. The molecule has 1 aliphatic heterocycles. The quantitative estimate of drug-likeness (QED) is 0.575. The van der Waals surface area contributed by atoms with Gasteiger partial charge in [-0.25, -0.2) is 0 Å². The highest BCUT2D eigenvalue weighted by Crippen LogP contribution is 2.26. The van der Waals surface area contributed by atoms with Gasteiger partial charge in [-0.15, -0.1) is 0 Å². The van der Waals surface area contributed by atoms with Crippen LogP contribution in [-0.2, 0) is 16.1 Å². The number of fused-ring (bicyclic) bond motifs is 1. The molecule has 0 aromatic heterocycles. The van der Waals surface area contributed by atoms with Gasteiger partial charge in [-0.1, -0.05) is 28.1 Å². The molecule has 2 aromatic carbocycles. The Morgan fingerprint density at radius 3 is 2.52 bits per heavy atom. The number of nitrogens with zero attached hydrogens (tertiary/aromatic N) is 2. The van der Waals surface area contributed by atoms with Gasteiger partial charge < -0.3 is 10.2 Å². The molecule has 4 amide bonds. The van der Waals surface area contributed by atoms with Gasteiger partial charge >= 0.3 is 0 Å². The van der Waals surface area contributed by atoms with Crippen molar-refractivity contribution in [2.45, 2.75) is 33.2 Å². The molecule has 0 spiro atoms. The number of imide groups is 1. The molecule has 0 unspecified atom stereocenters. The summed E-state index contributed by atoms with van der Waals surface area (Å²) in [6.45, 7) is 4.72. The molecule has 0 bridgehead atoms. The van der Waals surface area contributed by atoms with Crippen molar-refractivity contribution in [3.05, 3.63) is 63.6 Å². The monoisotopic (exact) mass is 485 g/mol. The number of carbonyl (C=O) groups excluding carboxylic acids is 4. The normalized spacial score (nSPS) is 12.7. The van der Waals surface area contributed by atoms with Crippen LogP contribution in [0.2, 0.25) is 0 Å². The molecule has 162 valence electrons. The van der Waals surface area contributed by atoms with E-state index in [2.05, 4.69) is 21.2 Å². The third-order valence-corrected chi connectivity index (χ3v) is 5.62. The van der Waals surface area contributed by atoms with E-state index in [0.29, 0.717) is 36.3 Å². The van der Waals surface area contributed by atoms with Crippen molar-refractivity contribution in [3.63, 3.8) is 0 Å². The number of amides is 4. The highest BCUT2D eigenvalue weighted by molar-refractivity contribution is 9.10. The molecule has 0 radical (unpaired) electrons. The summed E-state index contributed by atoms with van der Waals surface area (Å²) in [6.07, 6.45) is 0.544. The zero-order valence-corrected chi connectivity index (χ0v) is 19.1. The molecule has 31 heavy (non-hydrogen) atoms. The van der Waals surface area contributed by atoms with Crippen molar-refractivity contribution >= 4 is 45.2 Å². The second-order valence-corrected chi connectivity index (χ2v) is 8.25. The van der Waals surface area contributed by atoms with Crippen LogP contribution < -0.4 is 5.32 Å². The Labute approximate surface area is 189 Å². The smallest absolute Gasteiger partial charge is 0.261 e. The molecule has 2 aromatic rings. The fraction of sp³-hybridized carbons (Fsp3) is 0.304. The highest BCUT2D eigenvalue weighted by atomic mass is 79.9. The van der Waals surface area contributed by atoms with E-state index in [4.69, 9.17) is 0 Å². The number of carbonyl (C=O) groups is 4. The minimum atomic E-state index is -0.333. The van der Waals surface area contributed by atoms with E-state index >= 15 is 0 Å². The molecule has 7 nitrogen and oxygen atoms in total. The second kappa shape index (κ2) is 9.87. The van der Waals surface area contributed by atoms with Crippen molar-refractivity contribution in [3.8, 4) is 0 Å². The Hall–Kier alpha value is -3.00. The Bertz CT molecular complexity index is 1040. The van der Waals surface area contributed by atoms with Gasteiger partial charge in [-0.3, -0.25) is 24.1 Å². The molecule has 0 atom stereocenters. The number of anilines is 1. The maximum absolute atomic E-state index is 12.5. The van der Waals surface area contributed by atoms with Crippen LogP contribution in [0.4, 0.5) is 5.69 Å². The maximum Gasteiger partial charge on any atom is 0.261 e. The van der Waals surface area contributed by atoms with E-state index in [0.717, 1.165) is 10.0 Å². The lowest BCUT2D eigenvalue weighted by atomic mass is 10.1. The molecule has 0 aliphatic carbocycles. The van der Waals surface area contributed by atoms with Crippen molar-refractivity contribution < 1.29 is 19.2 Å². The molecule has 0 fully saturated rings. The van der Waals surface area contributed by atoms with Crippen LogP contribution >= 0.6 is 15.9 Å². The van der Waals surface area contributed by atoms with E-state index in [1.807, 2.05) is 25.1 Å². The molecule has 1 heterocycles. The van der Waals surface area contributed by atoms with Gasteiger partial charge in [0.05, 0.1) is 11.1 Å². The summed E-state index contributed by atoms with van der Waals surface area (Å²) in [5.74, 6) is -0.861. The Morgan fingerprint density at radius 1 is 1.06 bits per heavy atom.